The zero-order valence-corrected chi connectivity index (χ0v) is 7.31. The summed E-state index contributed by atoms with van der Waals surface area (Å²) in [5, 5.41) is 0. The van der Waals surface area contributed by atoms with Crippen LogP contribution in [0.1, 0.15) is 38.5 Å². The van der Waals surface area contributed by atoms with Crippen LogP contribution in [0.25, 0.3) is 0 Å². The molecule has 0 heterocycles. The van der Waals surface area contributed by atoms with Crippen LogP contribution in [0.15, 0.2) is 11.6 Å². The topological polar surface area (TPSA) is 17.1 Å². The molecule has 0 bridgehead atoms. The van der Waals surface area contributed by atoms with Crippen molar-refractivity contribution in [3.05, 3.63) is 11.6 Å². The Labute approximate surface area is 72.8 Å². The first-order valence-corrected chi connectivity index (χ1v) is 5.07. The molecule has 1 nitrogen and oxygen atoms in total. The third kappa shape index (κ3) is 0.675. The van der Waals surface area contributed by atoms with Crippen LogP contribution in [-0.4, -0.2) is 5.78 Å². The smallest absolute Gasteiger partial charge is 0.159 e. The number of rotatable bonds is 0. The first-order valence-electron chi connectivity index (χ1n) is 5.07. The summed E-state index contributed by atoms with van der Waals surface area (Å²) in [5.74, 6) is 1.34. The fraction of sp³-hybridized carbons (Fsp3) is 0.727. The molecule has 2 unspecified atom stereocenters. The summed E-state index contributed by atoms with van der Waals surface area (Å²) < 4.78 is 0. The van der Waals surface area contributed by atoms with Crippen LogP contribution in [-0.2, 0) is 4.79 Å². The molecule has 64 valence electrons. The van der Waals surface area contributed by atoms with Gasteiger partial charge in [-0.3, -0.25) is 4.79 Å². The average molecular weight is 162 g/mol. The fourth-order valence-corrected chi connectivity index (χ4v) is 3.18. The quantitative estimate of drug-likeness (QED) is 0.534. The fourth-order valence-electron chi connectivity index (χ4n) is 3.18. The van der Waals surface area contributed by atoms with Crippen LogP contribution >= 0.6 is 0 Å². The average Bonchev–Trinajstić information content (AvgIpc) is 2.71. The van der Waals surface area contributed by atoms with Crippen molar-refractivity contribution in [2.24, 2.45) is 11.3 Å². The van der Waals surface area contributed by atoms with Gasteiger partial charge in [0.1, 0.15) is 0 Å². The maximum absolute atomic E-state index is 11.7. The molecule has 0 saturated heterocycles. The van der Waals surface area contributed by atoms with E-state index in [1.807, 2.05) is 0 Å². The number of hydrogen-bond acceptors (Lipinski definition) is 1. The molecule has 2 atom stereocenters. The number of ketones is 1. The monoisotopic (exact) mass is 162 g/mol. The highest BCUT2D eigenvalue weighted by Gasteiger charge is 2.60. The van der Waals surface area contributed by atoms with Crippen LogP contribution < -0.4 is 0 Å². The van der Waals surface area contributed by atoms with Gasteiger partial charge in [0.25, 0.3) is 0 Å². The Bertz CT molecular complexity index is 277. The predicted molar refractivity (Wildman–Crippen MR) is 46.7 cm³/mol. The lowest BCUT2D eigenvalue weighted by molar-refractivity contribution is -0.115. The van der Waals surface area contributed by atoms with Gasteiger partial charge in [-0.25, -0.2) is 0 Å². The van der Waals surface area contributed by atoms with Gasteiger partial charge in [0.15, 0.2) is 5.78 Å². The van der Waals surface area contributed by atoms with E-state index in [1.54, 1.807) is 0 Å². The lowest BCUT2D eigenvalue weighted by atomic mass is 9.92. The number of hydrogen-bond donors (Lipinski definition) is 0. The zero-order valence-electron chi connectivity index (χ0n) is 7.31. The van der Waals surface area contributed by atoms with Crippen LogP contribution in [0.4, 0.5) is 0 Å². The lowest BCUT2D eigenvalue weighted by Crippen LogP contribution is -2.09. The molecule has 0 radical (unpaired) electrons. The molecule has 1 heteroatoms. The maximum atomic E-state index is 11.7. The zero-order chi connectivity index (χ0) is 8.18. The van der Waals surface area contributed by atoms with Crippen molar-refractivity contribution in [2.75, 3.05) is 0 Å². The summed E-state index contributed by atoms with van der Waals surface area (Å²) in [6.45, 7) is 0. The molecule has 12 heavy (non-hydrogen) atoms. The third-order valence-corrected chi connectivity index (χ3v) is 3.95. The van der Waals surface area contributed by atoms with Crippen molar-refractivity contribution in [3.63, 3.8) is 0 Å². The minimum absolute atomic E-state index is 0.424. The molecule has 0 N–H and O–H groups in total. The van der Waals surface area contributed by atoms with E-state index in [0.29, 0.717) is 11.2 Å². The Morgan fingerprint density at radius 1 is 1.42 bits per heavy atom. The van der Waals surface area contributed by atoms with Gasteiger partial charge >= 0.3 is 0 Å². The molecule has 3 aliphatic carbocycles. The highest BCUT2D eigenvalue weighted by Crippen LogP contribution is 2.67. The van der Waals surface area contributed by atoms with E-state index in [0.717, 1.165) is 18.8 Å². The van der Waals surface area contributed by atoms with Crippen molar-refractivity contribution in [2.45, 2.75) is 38.5 Å². The molecule has 1 spiro atoms. The van der Waals surface area contributed by atoms with Gasteiger partial charge in [0.2, 0.25) is 0 Å². The molecule has 2 fully saturated rings. The summed E-state index contributed by atoms with van der Waals surface area (Å²) in [6.07, 6.45) is 9.27. The van der Waals surface area contributed by atoms with E-state index in [4.69, 9.17) is 0 Å². The molecule has 0 aromatic heterocycles. The third-order valence-electron chi connectivity index (χ3n) is 3.95. The number of Topliss-reactive ketones (excluding diaryl/α,β-unsaturated/α-hetero) is 1. The van der Waals surface area contributed by atoms with Gasteiger partial charge in [-0.05, 0) is 37.2 Å². The molecule has 0 aliphatic heterocycles. The van der Waals surface area contributed by atoms with Crippen LogP contribution in [0.3, 0.4) is 0 Å². The predicted octanol–water partition coefficient (Wildman–Crippen LogP) is 2.47. The van der Waals surface area contributed by atoms with Gasteiger partial charge in [0.05, 0.1) is 0 Å². The van der Waals surface area contributed by atoms with Gasteiger partial charge in [0, 0.05) is 11.8 Å². The van der Waals surface area contributed by atoms with Crippen molar-refractivity contribution in [1.29, 1.82) is 0 Å². The van der Waals surface area contributed by atoms with Crippen LogP contribution in [0.2, 0.25) is 0 Å². The maximum Gasteiger partial charge on any atom is 0.159 e. The Kier molecular flexibility index (Phi) is 1.15. The number of carbonyl (C=O) groups is 1. The standard InChI is InChI=1S/C11H14O/c12-10-3-1-2-6-11-7-8(11)4-5-9(10)11/h5,8H,1-4,6-7H2. The molecule has 0 aromatic carbocycles. The van der Waals surface area contributed by atoms with Gasteiger partial charge in [-0.2, -0.15) is 0 Å². The first kappa shape index (κ1) is 6.88. The minimum atomic E-state index is 0.424. The molecule has 3 rings (SSSR count). The van der Waals surface area contributed by atoms with E-state index in [-0.39, 0.29) is 0 Å². The Morgan fingerprint density at radius 3 is 3.17 bits per heavy atom. The second-order valence-corrected chi connectivity index (χ2v) is 4.54. The Morgan fingerprint density at radius 2 is 2.33 bits per heavy atom. The van der Waals surface area contributed by atoms with Gasteiger partial charge in [-0.15, -0.1) is 0 Å². The van der Waals surface area contributed by atoms with Crippen LogP contribution in [0, 0.1) is 11.3 Å². The van der Waals surface area contributed by atoms with E-state index in [1.165, 1.54) is 31.3 Å². The van der Waals surface area contributed by atoms with Crippen molar-refractivity contribution < 1.29 is 4.79 Å². The van der Waals surface area contributed by atoms with E-state index >= 15 is 0 Å². The number of allylic oxidation sites excluding steroid dienone is 2. The van der Waals surface area contributed by atoms with Crippen LogP contribution in [0.5, 0.6) is 0 Å². The molecule has 0 aromatic rings. The Balaban J connectivity index is 2.01. The SMILES string of the molecule is O=C1CCCCC23CC2CC=C13. The molecular formula is C11H14O. The van der Waals surface area contributed by atoms with Gasteiger partial charge < -0.3 is 0 Å². The Hall–Kier alpha value is -0.590. The van der Waals surface area contributed by atoms with E-state index in [2.05, 4.69) is 6.08 Å². The minimum Gasteiger partial charge on any atom is -0.295 e. The summed E-state index contributed by atoms with van der Waals surface area (Å²) in [6, 6.07) is 0. The van der Waals surface area contributed by atoms with E-state index in [9.17, 15) is 4.79 Å². The summed E-state index contributed by atoms with van der Waals surface area (Å²) in [5.41, 5.74) is 1.65. The van der Waals surface area contributed by atoms with Crippen molar-refractivity contribution >= 4 is 5.78 Å². The summed E-state index contributed by atoms with van der Waals surface area (Å²) >= 11 is 0. The lowest BCUT2D eigenvalue weighted by Gasteiger charge is -2.11. The van der Waals surface area contributed by atoms with Crippen molar-refractivity contribution in [1.82, 2.24) is 0 Å². The van der Waals surface area contributed by atoms with Crippen molar-refractivity contribution in [3.8, 4) is 0 Å². The highest BCUT2D eigenvalue weighted by molar-refractivity contribution is 5.98. The molecule has 2 saturated carbocycles. The normalized spacial score (nSPS) is 44.5. The second-order valence-electron chi connectivity index (χ2n) is 4.54. The molecule has 3 aliphatic rings. The largest absolute Gasteiger partial charge is 0.295 e. The van der Waals surface area contributed by atoms with E-state index < -0.39 is 0 Å². The highest BCUT2D eigenvalue weighted by atomic mass is 16.1. The molecular weight excluding hydrogens is 148 g/mol. The first-order chi connectivity index (χ1) is 5.83. The number of carbonyl (C=O) groups excluding carboxylic acids is 1. The summed E-state index contributed by atoms with van der Waals surface area (Å²) in [7, 11) is 0. The molecule has 0 amide bonds. The second kappa shape index (κ2) is 2.01. The summed E-state index contributed by atoms with van der Waals surface area (Å²) in [4.78, 5) is 11.7. The van der Waals surface area contributed by atoms with Gasteiger partial charge in [-0.1, -0.05) is 12.5 Å².